The molecule has 219 valence electrons. The van der Waals surface area contributed by atoms with Crippen LogP contribution in [0.3, 0.4) is 0 Å². The summed E-state index contributed by atoms with van der Waals surface area (Å²) in [6.45, 7) is 0. The molecule has 5 N–H and O–H groups in total. The number of fused-ring (bicyclic) bond motifs is 20. The number of aromatic amines is 2. The fourth-order valence-electron chi connectivity index (χ4n) is 5.86. The van der Waals surface area contributed by atoms with E-state index in [-0.39, 0.29) is 29.0 Å². The van der Waals surface area contributed by atoms with Crippen molar-refractivity contribution in [1.29, 1.82) is 0 Å². The predicted octanol–water partition coefficient (Wildman–Crippen LogP) is 6.20. The molecule has 0 atom stereocenters. The first-order chi connectivity index (χ1) is 21.9. The van der Waals surface area contributed by atoms with Crippen LogP contribution >= 0.6 is 0 Å². The van der Waals surface area contributed by atoms with Crippen molar-refractivity contribution >= 4 is 52.2 Å². The topological polar surface area (TPSA) is 187 Å². The van der Waals surface area contributed by atoms with Crippen molar-refractivity contribution in [3.05, 3.63) is 91.0 Å². The molecule has 0 aliphatic carbocycles. The molecule has 5 heterocycles. The number of nitrogens with one attached hydrogen (secondary N) is 2. The molecule has 7 aromatic rings. The van der Waals surface area contributed by atoms with Crippen LogP contribution in [0.2, 0.25) is 0 Å². The molecule has 2 aliphatic heterocycles. The summed E-state index contributed by atoms with van der Waals surface area (Å²) in [5, 5.41) is 2.86. The fourth-order valence-corrected chi connectivity index (χ4v) is 7.08. The van der Waals surface area contributed by atoms with E-state index >= 15 is 0 Å². The van der Waals surface area contributed by atoms with Crippen molar-refractivity contribution in [2.45, 2.75) is 0 Å². The Kier molecular flexibility index (Phi) is 6.29. The standard InChI is InChI=1S/C32H17N8O3S.H3N.Zn/c41-44(42)43-23-15-7-14-22-24(23)32-39-30-21-13-6-5-12-20(21)28(37-30)35-26-17-9-2-1-8-16(17)25(33-26)34-27-18-10-3-4-11-19(18)29(36-27)38-31(22)40-32;;/h1-15H,(H2,33,34,35,36,37,38,39,40);1H3;. The van der Waals surface area contributed by atoms with E-state index in [4.69, 9.17) is 34.1 Å². The van der Waals surface area contributed by atoms with Crippen molar-refractivity contribution in [3.8, 4) is 51.3 Å². The zero-order valence-electron chi connectivity index (χ0n) is 23.9. The Balaban J connectivity index is 0.00000312. The summed E-state index contributed by atoms with van der Waals surface area (Å²) < 4.78 is 30.1. The maximum atomic E-state index is 12.3. The molecule has 0 radical (unpaired) electrons. The Morgan fingerprint density at radius 3 is 1.37 bits per heavy atom. The number of hydrogen-bond donors (Lipinski definition) is 3. The van der Waals surface area contributed by atoms with Crippen LogP contribution in [0.1, 0.15) is 0 Å². The first-order valence-electron chi connectivity index (χ1n) is 13.9. The average molecular weight is 676 g/mol. The molecular formula is C32H20N9O3SZn. The van der Waals surface area contributed by atoms with Gasteiger partial charge < -0.3 is 6.15 Å². The Morgan fingerprint density at radius 1 is 0.500 bits per heavy atom. The molecule has 0 saturated carbocycles. The van der Waals surface area contributed by atoms with Gasteiger partial charge in [-0.1, -0.05) is 24.3 Å². The van der Waals surface area contributed by atoms with Crippen LogP contribution in [0.25, 0.3) is 89.7 Å². The van der Waals surface area contributed by atoms with Gasteiger partial charge in [0.1, 0.15) is 0 Å². The van der Waals surface area contributed by atoms with Crippen LogP contribution in [-0.4, -0.2) is 48.3 Å². The van der Waals surface area contributed by atoms with Gasteiger partial charge in [-0.25, -0.2) is 0 Å². The van der Waals surface area contributed by atoms with Crippen LogP contribution in [0.5, 0.6) is 5.75 Å². The van der Waals surface area contributed by atoms with Gasteiger partial charge in [0.15, 0.2) is 0 Å². The number of hydrogen-bond acceptors (Lipinski definition) is 10. The molecule has 8 bridgehead atoms. The summed E-state index contributed by atoms with van der Waals surface area (Å²) in [6, 6.07) is 28.5. The SMILES string of the molecule is N.O=[S](=O)([Zn])Oc1cccc2c3nc4nc(nc5[nH]c(nc6nc(nc([nH]3)c12)-c1ccccc1-6)c1ccccc51)-c1ccccc1-4. The summed E-state index contributed by atoms with van der Waals surface area (Å²) in [5.74, 6) is 1.99. The van der Waals surface area contributed by atoms with Gasteiger partial charge in [-0.3, -0.25) is 0 Å². The minimum atomic E-state index is -3.73. The second-order valence-corrected chi connectivity index (χ2v) is 16.3. The summed E-state index contributed by atoms with van der Waals surface area (Å²) in [4.78, 5) is 36.3. The Labute approximate surface area is 269 Å². The van der Waals surface area contributed by atoms with Gasteiger partial charge >= 0.3 is 234 Å². The molecular weight excluding hydrogens is 656 g/mol. The average Bonchev–Trinajstić information content (AvgIpc) is 3.76. The van der Waals surface area contributed by atoms with E-state index in [0.717, 1.165) is 33.0 Å². The molecule has 0 saturated heterocycles. The number of aromatic nitrogens is 8. The van der Waals surface area contributed by atoms with Crippen molar-refractivity contribution in [3.63, 3.8) is 0 Å². The molecule has 0 spiro atoms. The van der Waals surface area contributed by atoms with Crippen molar-refractivity contribution in [1.82, 2.24) is 46.0 Å². The predicted molar refractivity (Wildman–Crippen MR) is 171 cm³/mol. The molecule has 3 aromatic heterocycles. The first kappa shape index (κ1) is 28.1. The van der Waals surface area contributed by atoms with Gasteiger partial charge in [0, 0.05) is 5.39 Å². The third-order valence-corrected chi connectivity index (χ3v) is 8.93. The second-order valence-electron chi connectivity index (χ2n) is 10.6. The van der Waals surface area contributed by atoms with Gasteiger partial charge in [0.25, 0.3) is 0 Å². The normalized spacial score (nSPS) is 12.0. The third-order valence-electron chi connectivity index (χ3n) is 7.76. The summed E-state index contributed by atoms with van der Waals surface area (Å²) in [5.41, 5.74) is 5.24. The second kappa shape index (κ2) is 10.3. The van der Waals surface area contributed by atoms with Crippen LogP contribution < -0.4 is 10.3 Å². The number of nitrogens with zero attached hydrogens (tertiary/aromatic N) is 6. The molecule has 0 unspecified atom stereocenters. The Hall–Kier alpha value is -5.43. The van der Waals surface area contributed by atoms with Gasteiger partial charge in [0.05, 0.1) is 0 Å². The van der Waals surface area contributed by atoms with Crippen molar-refractivity contribution < 1.29 is 29.7 Å². The third kappa shape index (κ3) is 4.45. The molecule has 46 heavy (non-hydrogen) atoms. The van der Waals surface area contributed by atoms with Gasteiger partial charge in [-0.05, 0) is 0 Å². The summed E-state index contributed by atoms with van der Waals surface area (Å²) in [6.07, 6.45) is 0. The zero-order valence-corrected chi connectivity index (χ0v) is 27.7. The molecule has 9 rings (SSSR count). The Bertz CT molecular complexity index is 2680. The maximum absolute atomic E-state index is 12.3. The van der Waals surface area contributed by atoms with Gasteiger partial charge in [0.2, 0.25) is 0 Å². The summed E-state index contributed by atoms with van der Waals surface area (Å²) in [7, 11) is -3.73. The molecule has 2 aliphatic rings. The molecule has 14 heteroatoms. The molecule has 0 fully saturated rings. The number of benzene rings is 4. The van der Waals surface area contributed by atoms with E-state index in [1.54, 1.807) is 12.1 Å². The van der Waals surface area contributed by atoms with Gasteiger partial charge in [-0.15, -0.1) is 0 Å². The number of H-pyrrole nitrogens is 2. The van der Waals surface area contributed by atoms with E-state index in [2.05, 4.69) is 9.97 Å². The monoisotopic (exact) mass is 674 g/mol. The minimum absolute atomic E-state index is 0. The van der Waals surface area contributed by atoms with Gasteiger partial charge in [-0.2, -0.15) is 0 Å². The van der Waals surface area contributed by atoms with E-state index in [9.17, 15) is 8.42 Å². The van der Waals surface area contributed by atoms with Crippen LogP contribution in [0.15, 0.2) is 91.0 Å². The van der Waals surface area contributed by atoms with Crippen LogP contribution in [-0.2, 0) is 25.2 Å². The molecule has 4 aromatic carbocycles. The van der Waals surface area contributed by atoms with Crippen molar-refractivity contribution in [2.75, 3.05) is 0 Å². The first-order valence-corrected chi connectivity index (χ1v) is 19.1. The number of rotatable bonds is 2. The van der Waals surface area contributed by atoms with E-state index in [1.807, 2.05) is 78.9 Å². The van der Waals surface area contributed by atoms with Crippen molar-refractivity contribution in [2.24, 2.45) is 0 Å². The molecule has 12 nitrogen and oxygen atoms in total. The quantitative estimate of drug-likeness (QED) is 0.178. The van der Waals surface area contributed by atoms with E-state index in [0.29, 0.717) is 56.7 Å². The van der Waals surface area contributed by atoms with E-state index < -0.39 is 8.11 Å². The van der Waals surface area contributed by atoms with Crippen LogP contribution in [0, 0.1) is 0 Å². The Morgan fingerprint density at radius 2 is 0.891 bits per heavy atom. The summed E-state index contributed by atoms with van der Waals surface area (Å²) >= 11 is -0.0673. The zero-order chi connectivity index (χ0) is 30.3. The molecule has 0 amide bonds. The van der Waals surface area contributed by atoms with Crippen LogP contribution in [0.4, 0.5) is 0 Å². The fraction of sp³-hybridized carbons (Fsp3) is 0. The van der Waals surface area contributed by atoms with E-state index in [1.165, 1.54) is 0 Å².